The lowest BCUT2D eigenvalue weighted by atomic mass is 10.4. The van der Waals surface area contributed by atoms with Crippen molar-refractivity contribution in [2.75, 3.05) is 6.54 Å². The second-order valence-corrected chi connectivity index (χ2v) is 5.68. The molecule has 1 aliphatic rings. The first-order valence-corrected chi connectivity index (χ1v) is 7.11. The van der Waals surface area contributed by atoms with Gasteiger partial charge in [0.25, 0.3) is 0 Å². The lowest BCUT2D eigenvalue weighted by Gasteiger charge is -1.97. The average molecular weight is 264 g/mol. The van der Waals surface area contributed by atoms with Gasteiger partial charge in [0, 0.05) is 11.1 Å². The third-order valence-electron chi connectivity index (χ3n) is 2.89. The molecule has 5 nitrogen and oxygen atoms in total. The van der Waals surface area contributed by atoms with E-state index in [0.29, 0.717) is 24.7 Å². The molecule has 2 aromatic heterocycles. The van der Waals surface area contributed by atoms with E-state index in [9.17, 15) is 0 Å². The Balaban J connectivity index is 1.52. The fourth-order valence-electron chi connectivity index (χ4n) is 1.76. The van der Waals surface area contributed by atoms with E-state index in [4.69, 9.17) is 4.52 Å². The van der Waals surface area contributed by atoms with Crippen LogP contribution in [0.1, 0.15) is 35.3 Å². The molecule has 1 fully saturated rings. The van der Waals surface area contributed by atoms with Crippen molar-refractivity contribution in [1.29, 1.82) is 0 Å². The van der Waals surface area contributed by atoms with Gasteiger partial charge in [-0.3, -0.25) is 0 Å². The maximum atomic E-state index is 5.20. The molecule has 0 unspecified atom stereocenters. The van der Waals surface area contributed by atoms with Gasteiger partial charge >= 0.3 is 0 Å². The molecule has 3 rings (SSSR count). The van der Waals surface area contributed by atoms with Crippen LogP contribution in [-0.4, -0.2) is 21.7 Å². The molecule has 6 heteroatoms. The summed E-state index contributed by atoms with van der Waals surface area (Å²) in [7, 11) is 0. The molecule has 0 aliphatic heterocycles. The van der Waals surface area contributed by atoms with Crippen molar-refractivity contribution in [2.24, 2.45) is 5.92 Å². The average Bonchev–Trinajstić information content (AvgIpc) is 2.92. The van der Waals surface area contributed by atoms with Gasteiger partial charge in [0.05, 0.1) is 13.0 Å². The van der Waals surface area contributed by atoms with Crippen molar-refractivity contribution < 1.29 is 4.52 Å². The van der Waals surface area contributed by atoms with Crippen molar-refractivity contribution in [2.45, 2.75) is 32.7 Å². The highest BCUT2D eigenvalue weighted by Crippen LogP contribution is 2.27. The van der Waals surface area contributed by atoms with Crippen LogP contribution in [0.2, 0.25) is 0 Å². The van der Waals surface area contributed by atoms with Crippen molar-refractivity contribution >= 4 is 11.3 Å². The van der Waals surface area contributed by atoms with Gasteiger partial charge in [-0.15, -0.1) is 11.3 Å². The third-order valence-corrected chi connectivity index (χ3v) is 3.86. The summed E-state index contributed by atoms with van der Waals surface area (Å²) in [6.45, 7) is 3.72. The fraction of sp³-hybridized carbons (Fsp3) is 0.583. The van der Waals surface area contributed by atoms with Crippen molar-refractivity contribution in [3.63, 3.8) is 0 Å². The van der Waals surface area contributed by atoms with Gasteiger partial charge in [0.1, 0.15) is 5.01 Å². The first-order valence-electron chi connectivity index (χ1n) is 6.23. The standard InChI is InChI=1S/C12H16N4OS/c1-8-7-18-12(14-8)4-10-15-11(17-16-10)6-13-5-9-2-3-9/h7,9,13H,2-6H2,1H3. The number of hydrogen-bond acceptors (Lipinski definition) is 6. The Hall–Kier alpha value is -1.27. The maximum Gasteiger partial charge on any atom is 0.240 e. The minimum Gasteiger partial charge on any atom is -0.338 e. The number of aromatic nitrogens is 3. The second-order valence-electron chi connectivity index (χ2n) is 4.74. The zero-order chi connectivity index (χ0) is 12.4. The molecular formula is C12H16N4OS. The first-order chi connectivity index (χ1) is 8.79. The van der Waals surface area contributed by atoms with Crippen LogP contribution in [-0.2, 0) is 13.0 Å². The number of rotatable bonds is 6. The molecule has 0 atom stereocenters. The predicted molar refractivity (Wildman–Crippen MR) is 68.4 cm³/mol. The molecular weight excluding hydrogens is 248 g/mol. The molecule has 0 amide bonds. The Kier molecular flexibility index (Phi) is 3.38. The Morgan fingerprint density at radius 1 is 1.44 bits per heavy atom. The lowest BCUT2D eigenvalue weighted by Crippen LogP contribution is -2.16. The molecule has 1 N–H and O–H groups in total. The van der Waals surface area contributed by atoms with Crippen LogP contribution in [0.25, 0.3) is 0 Å². The first kappa shape index (κ1) is 11.8. The van der Waals surface area contributed by atoms with Crippen molar-refractivity contribution in [1.82, 2.24) is 20.4 Å². The molecule has 0 radical (unpaired) electrons. The molecule has 0 aromatic carbocycles. The zero-order valence-electron chi connectivity index (χ0n) is 10.3. The molecule has 18 heavy (non-hydrogen) atoms. The quantitative estimate of drug-likeness (QED) is 0.863. The van der Waals surface area contributed by atoms with Gasteiger partial charge in [-0.1, -0.05) is 5.16 Å². The number of thiazole rings is 1. The summed E-state index contributed by atoms with van der Waals surface area (Å²) >= 11 is 1.64. The summed E-state index contributed by atoms with van der Waals surface area (Å²) in [6, 6.07) is 0. The third kappa shape index (κ3) is 3.14. The topological polar surface area (TPSA) is 63.8 Å². The molecule has 1 aliphatic carbocycles. The summed E-state index contributed by atoms with van der Waals surface area (Å²) < 4.78 is 5.20. The SMILES string of the molecule is Cc1csc(Cc2noc(CNCC3CC3)n2)n1. The second kappa shape index (κ2) is 5.16. The fourth-order valence-corrected chi connectivity index (χ4v) is 2.53. The van der Waals surface area contributed by atoms with E-state index in [1.807, 2.05) is 12.3 Å². The highest BCUT2D eigenvalue weighted by molar-refractivity contribution is 7.09. The molecule has 1 saturated carbocycles. The zero-order valence-corrected chi connectivity index (χ0v) is 11.2. The normalized spacial score (nSPS) is 15.2. The van der Waals surface area contributed by atoms with E-state index >= 15 is 0 Å². The number of nitrogens with one attached hydrogen (secondary N) is 1. The van der Waals surface area contributed by atoms with Gasteiger partial charge in [0.15, 0.2) is 5.82 Å². The monoisotopic (exact) mass is 264 g/mol. The van der Waals surface area contributed by atoms with Gasteiger partial charge in [0.2, 0.25) is 5.89 Å². The molecule has 0 saturated heterocycles. The van der Waals surface area contributed by atoms with Crippen molar-refractivity contribution in [3.8, 4) is 0 Å². The van der Waals surface area contributed by atoms with E-state index in [1.54, 1.807) is 11.3 Å². The summed E-state index contributed by atoms with van der Waals surface area (Å²) in [6.07, 6.45) is 3.36. The Bertz CT molecular complexity index is 518. The minimum atomic E-state index is 0.657. The van der Waals surface area contributed by atoms with E-state index in [2.05, 4.69) is 20.4 Å². The molecule has 0 spiro atoms. The summed E-state index contributed by atoms with van der Waals surface area (Å²) in [4.78, 5) is 8.75. The van der Waals surface area contributed by atoms with Crippen LogP contribution in [0.3, 0.4) is 0 Å². The van der Waals surface area contributed by atoms with Gasteiger partial charge < -0.3 is 9.84 Å². The van der Waals surface area contributed by atoms with Crippen LogP contribution < -0.4 is 5.32 Å². The molecule has 96 valence electrons. The molecule has 0 bridgehead atoms. The van der Waals surface area contributed by atoms with E-state index in [0.717, 1.165) is 23.2 Å². The predicted octanol–water partition coefficient (Wildman–Crippen LogP) is 1.92. The summed E-state index contributed by atoms with van der Waals surface area (Å²) in [5.41, 5.74) is 1.05. The van der Waals surface area contributed by atoms with Crippen LogP contribution >= 0.6 is 11.3 Å². The number of hydrogen-bond donors (Lipinski definition) is 1. The summed E-state index contributed by atoms with van der Waals surface area (Å²) in [5.74, 6) is 2.25. The molecule has 2 heterocycles. The Labute approximate surface area is 110 Å². The van der Waals surface area contributed by atoms with Crippen molar-refractivity contribution in [3.05, 3.63) is 27.8 Å². The van der Waals surface area contributed by atoms with Crippen LogP contribution in [0.5, 0.6) is 0 Å². The maximum absolute atomic E-state index is 5.20. The highest BCUT2D eigenvalue weighted by Gasteiger charge is 2.20. The van der Waals surface area contributed by atoms with E-state index < -0.39 is 0 Å². The summed E-state index contributed by atoms with van der Waals surface area (Å²) in [5, 5.41) is 10.4. The van der Waals surface area contributed by atoms with Gasteiger partial charge in [-0.25, -0.2) is 4.98 Å². The largest absolute Gasteiger partial charge is 0.338 e. The number of aryl methyl sites for hydroxylation is 1. The number of nitrogens with zero attached hydrogens (tertiary/aromatic N) is 3. The smallest absolute Gasteiger partial charge is 0.240 e. The van der Waals surface area contributed by atoms with Gasteiger partial charge in [-0.2, -0.15) is 4.98 Å². The van der Waals surface area contributed by atoms with Crippen LogP contribution in [0.15, 0.2) is 9.90 Å². The highest BCUT2D eigenvalue weighted by atomic mass is 32.1. The Morgan fingerprint density at radius 2 is 2.33 bits per heavy atom. The lowest BCUT2D eigenvalue weighted by molar-refractivity contribution is 0.362. The van der Waals surface area contributed by atoms with E-state index in [-0.39, 0.29) is 0 Å². The van der Waals surface area contributed by atoms with Gasteiger partial charge in [-0.05, 0) is 32.2 Å². The minimum absolute atomic E-state index is 0.657. The Morgan fingerprint density at radius 3 is 3.06 bits per heavy atom. The van der Waals surface area contributed by atoms with E-state index in [1.165, 1.54) is 12.8 Å². The van der Waals surface area contributed by atoms with Crippen LogP contribution in [0, 0.1) is 12.8 Å². The molecule has 2 aromatic rings. The van der Waals surface area contributed by atoms with Crippen LogP contribution in [0.4, 0.5) is 0 Å².